The van der Waals surface area contributed by atoms with Gasteiger partial charge < -0.3 is 9.52 Å². The molecule has 0 radical (unpaired) electrons. The number of nitrogens with zero attached hydrogens (tertiary/aromatic N) is 2. The first kappa shape index (κ1) is 11.2. The molecule has 94 valence electrons. The number of aromatic nitrogens is 2. The molecule has 1 aliphatic carbocycles. The van der Waals surface area contributed by atoms with Crippen LogP contribution in [0.15, 0.2) is 16.5 Å². The van der Waals surface area contributed by atoms with E-state index in [1.807, 2.05) is 0 Å². The predicted octanol–water partition coefficient (Wildman–Crippen LogP) is 2.65. The fourth-order valence-electron chi connectivity index (χ4n) is 2.53. The van der Waals surface area contributed by atoms with Gasteiger partial charge in [-0.15, -0.1) is 0 Å². The number of pyridine rings is 1. The van der Waals surface area contributed by atoms with E-state index in [1.165, 1.54) is 31.7 Å². The van der Waals surface area contributed by atoms with E-state index in [-0.39, 0.29) is 5.69 Å². The largest absolute Gasteiger partial charge is 0.477 e. The van der Waals surface area contributed by atoms with Crippen LogP contribution < -0.4 is 0 Å². The van der Waals surface area contributed by atoms with Gasteiger partial charge in [0.05, 0.1) is 0 Å². The molecule has 0 bridgehead atoms. The van der Waals surface area contributed by atoms with Crippen molar-refractivity contribution in [3.05, 3.63) is 23.7 Å². The van der Waals surface area contributed by atoms with Gasteiger partial charge in [-0.05, 0) is 30.9 Å². The van der Waals surface area contributed by atoms with Crippen molar-refractivity contribution in [3.8, 4) is 0 Å². The van der Waals surface area contributed by atoms with Gasteiger partial charge >= 0.3 is 5.97 Å². The SMILES string of the molecule is O=C(O)c1ccc2oc(CC3CCCC3)nc2n1. The molecule has 0 spiro atoms. The number of fused-ring (bicyclic) bond motifs is 1. The van der Waals surface area contributed by atoms with Crippen LogP contribution in [-0.2, 0) is 6.42 Å². The highest BCUT2D eigenvalue weighted by Gasteiger charge is 2.19. The van der Waals surface area contributed by atoms with Gasteiger partial charge in [0.2, 0.25) is 0 Å². The average molecular weight is 246 g/mol. The van der Waals surface area contributed by atoms with Crippen LogP contribution in [0, 0.1) is 5.92 Å². The fraction of sp³-hybridized carbons (Fsp3) is 0.462. The summed E-state index contributed by atoms with van der Waals surface area (Å²) in [6.45, 7) is 0. The minimum atomic E-state index is -1.04. The Bertz CT molecular complexity index is 585. The molecule has 0 amide bonds. The number of rotatable bonds is 3. The predicted molar refractivity (Wildman–Crippen MR) is 64.4 cm³/mol. The Morgan fingerprint density at radius 1 is 1.33 bits per heavy atom. The first-order chi connectivity index (χ1) is 8.72. The third-order valence-corrected chi connectivity index (χ3v) is 3.45. The Kier molecular flexibility index (Phi) is 2.74. The standard InChI is InChI=1S/C13H14N2O3/c16-13(17)9-5-6-10-12(14-9)15-11(18-10)7-8-3-1-2-4-8/h5-6,8H,1-4,7H2,(H,16,17). The number of carboxylic acid groups (broad SMARTS) is 1. The minimum Gasteiger partial charge on any atom is -0.477 e. The molecular weight excluding hydrogens is 232 g/mol. The molecule has 0 aliphatic heterocycles. The molecular formula is C13H14N2O3. The van der Waals surface area contributed by atoms with Crippen molar-refractivity contribution in [1.29, 1.82) is 0 Å². The zero-order chi connectivity index (χ0) is 12.5. The lowest BCUT2D eigenvalue weighted by Gasteiger charge is -2.03. The molecule has 1 saturated carbocycles. The molecule has 5 heteroatoms. The van der Waals surface area contributed by atoms with Crippen molar-refractivity contribution in [2.45, 2.75) is 32.1 Å². The van der Waals surface area contributed by atoms with Crippen molar-refractivity contribution >= 4 is 17.2 Å². The van der Waals surface area contributed by atoms with Crippen LogP contribution in [0.4, 0.5) is 0 Å². The second kappa shape index (κ2) is 4.40. The molecule has 1 fully saturated rings. The van der Waals surface area contributed by atoms with Crippen LogP contribution >= 0.6 is 0 Å². The zero-order valence-electron chi connectivity index (χ0n) is 9.93. The summed E-state index contributed by atoms with van der Waals surface area (Å²) >= 11 is 0. The molecule has 18 heavy (non-hydrogen) atoms. The highest BCUT2D eigenvalue weighted by atomic mass is 16.4. The van der Waals surface area contributed by atoms with E-state index in [2.05, 4.69) is 9.97 Å². The number of hydrogen-bond acceptors (Lipinski definition) is 4. The molecule has 1 N–H and O–H groups in total. The summed E-state index contributed by atoms with van der Waals surface area (Å²) < 4.78 is 5.60. The maximum absolute atomic E-state index is 10.8. The molecule has 3 rings (SSSR count). The van der Waals surface area contributed by atoms with Gasteiger partial charge in [0, 0.05) is 6.42 Å². The Morgan fingerprint density at radius 2 is 2.11 bits per heavy atom. The van der Waals surface area contributed by atoms with Gasteiger partial charge in [-0.3, -0.25) is 0 Å². The van der Waals surface area contributed by atoms with Crippen molar-refractivity contribution in [3.63, 3.8) is 0 Å². The second-order valence-electron chi connectivity index (χ2n) is 4.79. The summed E-state index contributed by atoms with van der Waals surface area (Å²) in [5.74, 6) is 0.279. The summed E-state index contributed by atoms with van der Waals surface area (Å²) in [4.78, 5) is 19.1. The summed E-state index contributed by atoms with van der Waals surface area (Å²) in [7, 11) is 0. The van der Waals surface area contributed by atoms with Crippen molar-refractivity contribution in [1.82, 2.24) is 9.97 Å². The fourth-order valence-corrected chi connectivity index (χ4v) is 2.53. The number of oxazole rings is 1. The third-order valence-electron chi connectivity index (χ3n) is 3.45. The summed E-state index contributed by atoms with van der Waals surface area (Å²) in [5.41, 5.74) is 0.958. The molecule has 2 aromatic heterocycles. The maximum Gasteiger partial charge on any atom is 0.354 e. The van der Waals surface area contributed by atoms with E-state index in [1.54, 1.807) is 6.07 Å². The normalized spacial score (nSPS) is 16.4. The van der Waals surface area contributed by atoms with E-state index in [9.17, 15) is 4.79 Å². The lowest BCUT2D eigenvalue weighted by atomic mass is 10.0. The van der Waals surface area contributed by atoms with Crippen LogP contribution in [-0.4, -0.2) is 21.0 Å². The van der Waals surface area contributed by atoms with Gasteiger partial charge in [-0.1, -0.05) is 12.8 Å². The van der Waals surface area contributed by atoms with Gasteiger partial charge in [0.1, 0.15) is 0 Å². The monoisotopic (exact) mass is 246 g/mol. The van der Waals surface area contributed by atoms with Crippen LogP contribution in [0.3, 0.4) is 0 Å². The highest BCUT2D eigenvalue weighted by molar-refractivity contribution is 5.87. The Labute approximate surface area is 104 Å². The van der Waals surface area contributed by atoms with E-state index < -0.39 is 5.97 Å². The van der Waals surface area contributed by atoms with Crippen LogP contribution in [0.1, 0.15) is 42.1 Å². The number of aromatic carboxylic acids is 1. The number of hydrogen-bond donors (Lipinski definition) is 1. The molecule has 0 saturated heterocycles. The zero-order valence-corrected chi connectivity index (χ0v) is 9.93. The molecule has 0 aromatic carbocycles. The van der Waals surface area contributed by atoms with E-state index >= 15 is 0 Å². The first-order valence-corrected chi connectivity index (χ1v) is 6.22. The van der Waals surface area contributed by atoms with Gasteiger partial charge in [-0.2, -0.15) is 4.98 Å². The molecule has 5 nitrogen and oxygen atoms in total. The van der Waals surface area contributed by atoms with Gasteiger partial charge in [0.25, 0.3) is 0 Å². The molecule has 2 heterocycles. The maximum atomic E-state index is 10.8. The van der Waals surface area contributed by atoms with Crippen molar-refractivity contribution in [2.24, 2.45) is 5.92 Å². The van der Waals surface area contributed by atoms with Crippen molar-refractivity contribution < 1.29 is 14.3 Å². The summed E-state index contributed by atoms with van der Waals surface area (Å²) in [5, 5.41) is 8.86. The van der Waals surface area contributed by atoms with Crippen LogP contribution in [0.25, 0.3) is 11.2 Å². The quantitative estimate of drug-likeness (QED) is 0.900. The Hall–Kier alpha value is -1.91. The van der Waals surface area contributed by atoms with E-state index in [0.717, 1.165) is 6.42 Å². The Balaban J connectivity index is 1.87. The van der Waals surface area contributed by atoms with Crippen LogP contribution in [0.2, 0.25) is 0 Å². The molecule has 0 atom stereocenters. The lowest BCUT2D eigenvalue weighted by Crippen LogP contribution is -2.00. The summed E-state index contributed by atoms with van der Waals surface area (Å²) in [6.07, 6.45) is 5.86. The Morgan fingerprint density at radius 3 is 2.83 bits per heavy atom. The number of carbonyl (C=O) groups is 1. The smallest absolute Gasteiger partial charge is 0.354 e. The van der Waals surface area contributed by atoms with E-state index in [4.69, 9.17) is 9.52 Å². The summed E-state index contributed by atoms with van der Waals surface area (Å²) in [6, 6.07) is 3.06. The second-order valence-corrected chi connectivity index (χ2v) is 4.79. The molecule has 1 aliphatic rings. The lowest BCUT2D eigenvalue weighted by molar-refractivity contribution is 0.0691. The van der Waals surface area contributed by atoms with E-state index in [0.29, 0.717) is 23.0 Å². The first-order valence-electron chi connectivity index (χ1n) is 6.22. The topological polar surface area (TPSA) is 76.2 Å². The third kappa shape index (κ3) is 2.08. The van der Waals surface area contributed by atoms with Crippen LogP contribution in [0.5, 0.6) is 0 Å². The average Bonchev–Trinajstić information content (AvgIpc) is 2.96. The molecule has 0 unspecified atom stereocenters. The number of carboxylic acids is 1. The minimum absolute atomic E-state index is 0.00298. The van der Waals surface area contributed by atoms with Gasteiger partial charge in [-0.25, -0.2) is 9.78 Å². The highest BCUT2D eigenvalue weighted by Crippen LogP contribution is 2.28. The van der Waals surface area contributed by atoms with Gasteiger partial charge in [0.15, 0.2) is 22.8 Å². The molecule has 2 aromatic rings. The van der Waals surface area contributed by atoms with Crippen molar-refractivity contribution in [2.75, 3.05) is 0 Å².